The molecule has 124 valence electrons. The fraction of sp³-hybridized carbons (Fsp3) is 0.438. The van der Waals surface area contributed by atoms with Gasteiger partial charge in [-0.05, 0) is 35.4 Å². The van der Waals surface area contributed by atoms with E-state index in [1.807, 2.05) is 16.4 Å². The number of carbonyl (C=O) groups is 1. The van der Waals surface area contributed by atoms with E-state index in [0.29, 0.717) is 26.2 Å². The van der Waals surface area contributed by atoms with Crippen LogP contribution in [0, 0.1) is 0 Å². The van der Waals surface area contributed by atoms with Crippen molar-refractivity contribution in [3.8, 4) is 5.75 Å². The first kappa shape index (κ1) is 16.3. The van der Waals surface area contributed by atoms with E-state index < -0.39 is 11.4 Å². The van der Waals surface area contributed by atoms with Crippen LogP contribution in [0.3, 0.4) is 0 Å². The van der Waals surface area contributed by atoms with E-state index in [1.54, 1.807) is 24.1 Å². The van der Waals surface area contributed by atoms with Gasteiger partial charge in [0, 0.05) is 19.5 Å². The Labute approximate surface area is 138 Å². The summed E-state index contributed by atoms with van der Waals surface area (Å²) in [5.41, 5.74) is 2.36. The smallest absolute Gasteiger partial charge is 0.225 e. The first-order valence-corrected chi connectivity index (χ1v) is 8.62. The third kappa shape index (κ3) is 3.37. The van der Waals surface area contributed by atoms with Gasteiger partial charge in [0.1, 0.15) is 5.75 Å². The molecule has 23 heavy (non-hydrogen) atoms. The minimum atomic E-state index is -1.21. The molecule has 2 heterocycles. The molecule has 0 aliphatic carbocycles. The SMILES string of the molecule is COc1ccc([S+]([O-])N2CC3=C(CN(C(=O)CCO)C3)C2)cc1. The summed E-state index contributed by atoms with van der Waals surface area (Å²) < 4.78 is 19.7. The Morgan fingerprint density at radius 1 is 1.22 bits per heavy atom. The summed E-state index contributed by atoms with van der Waals surface area (Å²) in [4.78, 5) is 14.3. The standard InChI is InChI=1S/C16H20N2O4S/c1-22-14-2-4-15(5-3-14)23(21)18-10-12-8-17(9-13(12)11-18)16(20)6-7-19/h2-5,19H,6-11H2,1H3. The second-order valence-electron chi connectivity index (χ2n) is 5.65. The van der Waals surface area contributed by atoms with E-state index in [-0.39, 0.29) is 18.9 Å². The van der Waals surface area contributed by atoms with Crippen LogP contribution in [-0.2, 0) is 16.2 Å². The zero-order valence-corrected chi connectivity index (χ0v) is 13.8. The molecular weight excluding hydrogens is 316 g/mol. The highest BCUT2D eigenvalue weighted by Gasteiger charge is 2.37. The fourth-order valence-corrected chi connectivity index (χ4v) is 4.15. The number of benzene rings is 1. The second kappa shape index (κ2) is 6.92. The van der Waals surface area contributed by atoms with E-state index in [1.165, 1.54) is 11.1 Å². The molecule has 1 atom stereocenters. The number of amides is 1. The quantitative estimate of drug-likeness (QED) is 0.628. The Hall–Kier alpha value is -1.54. The molecule has 6 nitrogen and oxygen atoms in total. The molecule has 1 aromatic carbocycles. The maximum Gasteiger partial charge on any atom is 0.225 e. The molecule has 0 aromatic heterocycles. The van der Waals surface area contributed by atoms with E-state index in [2.05, 4.69) is 0 Å². The molecule has 3 rings (SSSR count). The van der Waals surface area contributed by atoms with Crippen molar-refractivity contribution in [1.29, 1.82) is 0 Å². The van der Waals surface area contributed by atoms with Crippen molar-refractivity contribution in [2.45, 2.75) is 11.3 Å². The molecule has 1 N–H and O–H groups in total. The molecule has 1 amide bonds. The Balaban J connectivity index is 1.58. The molecule has 0 saturated heterocycles. The fourth-order valence-electron chi connectivity index (χ4n) is 2.93. The van der Waals surface area contributed by atoms with Gasteiger partial charge in [-0.1, -0.05) is 0 Å². The van der Waals surface area contributed by atoms with Gasteiger partial charge in [-0.3, -0.25) is 4.79 Å². The number of rotatable bonds is 5. The lowest BCUT2D eigenvalue weighted by Gasteiger charge is -2.23. The van der Waals surface area contributed by atoms with Crippen molar-refractivity contribution in [2.75, 3.05) is 39.9 Å². The Bertz CT molecular complexity index is 599. The van der Waals surface area contributed by atoms with Crippen LogP contribution in [0.15, 0.2) is 40.3 Å². The maximum atomic E-state index is 12.7. The predicted octanol–water partition coefficient (Wildman–Crippen LogP) is 0.555. The normalized spacial score (nSPS) is 19.2. The molecule has 0 fully saturated rings. The summed E-state index contributed by atoms with van der Waals surface area (Å²) in [6.45, 7) is 2.30. The topological polar surface area (TPSA) is 76.1 Å². The van der Waals surface area contributed by atoms with Crippen molar-refractivity contribution < 1.29 is 19.2 Å². The summed E-state index contributed by atoms with van der Waals surface area (Å²) in [6, 6.07) is 7.24. The van der Waals surface area contributed by atoms with Crippen molar-refractivity contribution in [1.82, 2.24) is 9.21 Å². The first-order chi connectivity index (χ1) is 11.1. The average molecular weight is 336 g/mol. The number of aliphatic hydroxyl groups is 1. The lowest BCUT2D eigenvalue weighted by molar-refractivity contribution is -0.130. The third-order valence-corrected chi connectivity index (χ3v) is 5.57. The summed E-state index contributed by atoms with van der Waals surface area (Å²) in [7, 11) is 1.60. The summed E-state index contributed by atoms with van der Waals surface area (Å²) >= 11 is -1.21. The van der Waals surface area contributed by atoms with Crippen LogP contribution in [0.4, 0.5) is 0 Å². The number of nitrogens with zero attached hydrogens (tertiary/aromatic N) is 2. The predicted molar refractivity (Wildman–Crippen MR) is 86.3 cm³/mol. The van der Waals surface area contributed by atoms with E-state index in [4.69, 9.17) is 9.84 Å². The minimum absolute atomic E-state index is 0.0234. The van der Waals surface area contributed by atoms with Crippen molar-refractivity contribution in [3.63, 3.8) is 0 Å². The van der Waals surface area contributed by atoms with Crippen LogP contribution in [0.5, 0.6) is 5.75 Å². The van der Waals surface area contributed by atoms with Gasteiger partial charge in [-0.25, -0.2) is 0 Å². The van der Waals surface area contributed by atoms with Crippen LogP contribution < -0.4 is 4.74 Å². The van der Waals surface area contributed by atoms with Gasteiger partial charge in [0.25, 0.3) is 0 Å². The van der Waals surface area contributed by atoms with Gasteiger partial charge in [-0.15, -0.1) is 4.31 Å². The van der Waals surface area contributed by atoms with Gasteiger partial charge >= 0.3 is 0 Å². The maximum absolute atomic E-state index is 12.7. The highest BCUT2D eigenvalue weighted by atomic mass is 32.2. The number of ether oxygens (including phenoxy) is 1. The van der Waals surface area contributed by atoms with Crippen LogP contribution in [0.2, 0.25) is 0 Å². The molecule has 0 saturated carbocycles. The molecule has 0 radical (unpaired) electrons. The zero-order chi connectivity index (χ0) is 16.4. The molecule has 1 unspecified atom stereocenters. The van der Waals surface area contributed by atoms with Crippen LogP contribution in [-0.4, -0.2) is 64.7 Å². The average Bonchev–Trinajstić information content (AvgIpc) is 3.13. The molecule has 2 aliphatic rings. The van der Waals surface area contributed by atoms with Gasteiger partial charge < -0.3 is 19.3 Å². The lowest BCUT2D eigenvalue weighted by atomic mass is 10.2. The van der Waals surface area contributed by atoms with E-state index in [9.17, 15) is 9.35 Å². The number of methoxy groups -OCH3 is 1. The third-order valence-electron chi connectivity index (χ3n) is 4.17. The zero-order valence-electron chi connectivity index (χ0n) is 13.0. The van der Waals surface area contributed by atoms with Crippen molar-refractivity contribution >= 4 is 17.3 Å². The van der Waals surface area contributed by atoms with Crippen molar-refractivity contribution in [3.05, 3.63) is 35.4 Å². The van der Waals surface area contributed by atoms with Gasteiger partial charge in [0.2, 0.25) is 5.91 Å². The van der Waals surface area contributed by atoms with Crippen LogP contribution >= 0.6 is 0 Å². The highest BCUT2D eigenvalue weighted by Crippen LogP contribution is 2.30. The summed E-state index contributed by atoms with van der Waals surface area (Å²) in [5, 5.41) is 8.86. The van der Waals surface area contributed by atoms with Gasteiger partial charge in [0.15, 0.2) is 4.90 Å². The molecule has 1 aromatic rings. The molecule has 7 heteroatoms. The summed E-state index contributed by atoms with van der Waals surface area (Å²) in [5.74, 6) is 0.718. The minimum Gasteiger partial charge on any atom is -0.593 e. The second-order valence-corrected chi connectivity index (χ2v) is 7.14. The lowest BCUT2D eigenvalue weighted by Crippen LogP contribution is -2.36. The largest absolute Gasteiger partial charge is 0.593 e. The Morgan fingerprint density at radius 2 is 1.83 bits per heavy atom. The van der Waals surface area contributed by atoms with Gasteiger partial charge in [0.05, 0.1) is 38.2 Å². The summed E-state index contributed by atoms with van der Waals surface area (Å²) in [6.07, 6.45) is 0.169. The van der Waals surface area contributed by atoms with E-state index >= 15 is 0 Å². The van der Waals surface area contributed by atoms with Gasteiger partial charge in [-0.2, -0.15) is 0 Å². The molecular formula is C16H20N2O4S. The Morgan fingerprint density at radius 3 is 2.35 bits per heavy atom. The molecule has 0 spiro atoms. The monoisotopic (exact) mass is 336 g/mol. The number of hydrogen-bond acceptors (Lipinski definition) is 5. The number of aliphatic hydroxyl groups excluding tert-OH is 1. The molecule has 2 aliphatic heterocycles. The molecule has 0 bridgehead atoms. The van der Waals surface area contributed by atoms with E-state index in [0.717, 1.165) is 10.6 Å². The Kier molecular flexibility index (Phi) is 4.91. The highest BCUT2D eigenvalue weighted by molar-refractivity contribution is 7.89. The van der Waals surface area contributed by atoms with Crippen LogP contribution in [0.1, 0.15) is 6.42 Å². The van der Waals surface area contributed by atoms with Crippen LogP contribution in [0.25, 0.3) is 0 Å². The first-order valence-electron chi connectivity index (χ1n) is 7.51. The number of hydrogen-bond donors (Lipinski definition) is 1. The van der Waals surface area contributed by atoms with Crippen molar-refractivity contribution in [2.24, 2.45) is 0 Å². The number of carbonyl (C=O) groups excluding carboxylic acids is 1.